The number of hydrogen-bond acceptors (Lipinski definition) is 4. The van der Waals surface area contributed by atoms with Gasteiger partial charge in [0.15, 0.2) is 5.78 Å². The first kappa shape index (κ1) is 22.3. The molecular formula is C26H37NO4. The molecule has 5 heteroatoms. The maximum Gasteiger partial charge on any atom is 0.309 e. The van der Waals surface area contributed by atoms with Crippen LogP contribution < -0.4 is 5.32 Å². The average Bonchev–Trinajstić information content (AvgIpc) is 3.08. The van der Waals surface area contributed by atoms with Crippen LogP contribution in [0.5, 0.6) is 0 Å². The van der Waals surface area contributed by atoms with Crippen LogP contribution in [0, 0.1) is 40.4 Å². The van der Waals surface area contributed by atoms with E-state index in [1.54, 1.807) is 6.08 Å². The molecule has 0 aromatic carbocycles. The molecule has 0 heterocycles. The molecule has 3 saturated carbocycles. The summed E-state index contributed by atoms with van der Waals surface area (Å²) in [6.07, 6.45) is 12.6. The minimum absolute atomic E-state index is 0.0184. The van der Waals surface area contributed by atoms with E-state index in [9.17, 15) is 14.4 Å². The van der Waals surface area contributed by atoms with E-state index in [4.69, 9.17) is 4.74 Å². The number of hydrogen-bond donors (Lipinski definition) is 1. The van der Waals surface area contributed by atoms with E-state index in [2.05, 4.69) is 25.2 Å². The molecule has 0 aliphatic heterocycles. The van der Waals surface area contributed by atoms with E-state index in [1.807, 2.05) is 13.0 Å². The van der Waals surface area contributed by atoms with Crippen molar-refractivity contribution < 1.29 is 19.1 Å². The van der Waals surface area contributed by atoms with Gasteiger partial charge in [0.2, 0.25) is 5.91 Å². The Labute approximate surface area is 186 Å². The normalized spacial score (nSPS) is 39.6. The number of nitrogens with one attached hydrogen (secondary N) is 1. The second-order valence-corrected chi connectivity index (χ2v) is 10.8. The van der Waals surface area contributed by atoms with E-state index in [1.165, 1.54) is 18.9 Å². The van der Waals surface area contributed by atoms with Crippen molar-refractivity contribution in [2.24, 2.45) is 40.4 Å². The highest BCUT2D eigenvalue weighted by Crippen LogP contribution is 2.66. The highest BCUT2D eigenvalue weighted by molar-refractivity contribution is 6.01. The number of ether oxygens (including phenoxy) is 1. The molecule has 0 unspecified atom stereocenters. The summed E-state index contributed by atoms with van der Waals surface area (Å²) in [4.78, 5) is 35.7. The number of rotatable bonds is 5. The minimum atomic E-state index is -0.131. The fourth-order valence-electron chi connectivity index (χ4n) is 7.73. The zero-order chi connectivity index (χ0) is 22.4. The van der Waals surface area contributed by atoms with E-state index < -0.39 is 0 Å². The molecule has 3 fully saturated rings. The predicted octanol–water partition coefficient (Wildman–Crippen LogP) is 4.23. The zero-order valence-electron chi connectivity index (χ0n) is 19.4. The van der Waals surface area contributed by atoms with Gasteiger partial charge in [-0.05, 0) is 79.8 Å². The highest BCUT2D eigenvalue weighted by Gasteiger charge is 2.59. The molecule has 4 aliphatic rings. The Morgan fingerprint density at radius 3 is 2.71 bits per heavy atom. The SMILES string of the molecule is CC(=O)NCCOC(=O)[C@@H](C)[C@H]1CC[C@H]2[C@@H]3CCC4=CC(=O)C=C[C@]4(C)[C@H]3CC[C@]12C. The number of carbonyl (C=O) groups is 3. The lowest BCUT2D eigenvalue weighted by Gasteiger charge is -2.57. The Morgan fingerprint density at radius 2 is 1.97 bits per heavy atom. The first-order valence-electron chi connectivity index (χ1n) is 12.0. The van der Waals surface area contributed by atoms with Crippen LogP contribution >= 0.6 is 0 Å². The second kappa shape index (κ2) is 8.22. The molecule has 4 rings (SSSR count). The van der Waals surface area contributed by atoms with Crippen molar-refractivity contribution >= 4 is 17.7 Å². The molecular weight excluding hydrogens is 390 g/mol. The third-order valence-electron chi connectivity index (χ3n) is 9.33. The number of fused-ring (bicyclic) bond motifs is 5. The topological polar surface area (TPSA) is 72.5 Å². The third kappa shape index (κ3) is 3.78. The van der Waals surface area contributed by atoms with Gasteiger partial charge >= 0.3 is 5.97 Å². The van der Waals surface area contributed by atoms with Crippen LogP contribution in [-0.2, 0) is 19.1 Å². The third-order valence-corrected chi connectivity index (χ3v) is 9.33. The fourth-order valence-corrected chi connectivity index (χ4v) is 7.73. The zero-order valence-corrected chi connectivity index (χ0v) is 19.4. The minimum Gasteiger partial charge on any atom is -0.464 e. The first-order chi connectivity index (χ1) is 14.7. The van der Waals surface area contributed by atoms with Crippen molar-refractivity contribution in [1.82, 2.24) is 5.32 Å². The monoisotopic (exact) mass is 427 g/mol. The van der Waals surface area contributed by atoms with Crippen molar-refractivity contribution in [3.8, 4) is 0 Å². The van der Waals surface area contributed by atoms with Gasteiger partial charge in [0.25, 0.3) is 0 Å². The Morgan fingerprint density at radius 1 is 1.19 bits per heavy atom. The molecule has 5 nitrogen and oxygen atoms in total. The van der Waals surface area contributed by atoms with Crippen molar-refractivity contribution in [1.29, 1.82) is 0 Å². The van der Waals surface area contributed by atoms with E-state index in [0.29, 0.717) is 30.2 Å². The van der Waals surface area contributed by atoms with Gasteiger partial charge in [0.1, 0.15) is 6.61 Å². The molecule has 1 N–H and O–H groups in total. The summed E-state index contributed by atoms with van der Waals surface area (Å²) in [5, 5.41) is 2.67. The van der Waals surface area contributed by atoms with E-state index >= 15 is 0 Å². The summed E-state index contributed by atoms with van der Waals surface area (Å²) in [5.74, 6) is 2.01. The lowest BCUT2D eigenvalue weighted by Crippen LogP contribution is -2.50. The van der Waals surface area contributed by atoms with Crippen molar-refractivity contribution in [2.75, 3.05) is 13.2 Å². The number of allylic oxidation sites excluding steroid dienone is 4. The van der Waals surface area contributed by atoms with Gasteiger partial charge in [-0.3, -0.25) is 14.4 Å². The lowest BCUT2D eigenvalue weighted by atomic mass is 9.47. The number of esters is 1. The van der Waals surface area contributed by atoms with Crippen molar-refractivity contribution in [3.05, 3.63) is 23.8 Å². The van der Waals surface area contributed by atoms with Gasteiger partial charge in [-0.25, -0.2) is 0 Å². The molecule has 7 atom stereocenters. The Balaban J connectivity index is 1.45. The molecule has 4 aliphatic carbocycles. The lowest BCUT2D eigenvalue weighted by molar-refractivity contribution is -0.153. The number of carbonyl (C=O) groups excluding carboxylic acids is 3. The Hall–Kier alpha value is -1.91. The van der Waals surface area contributed by atoms with Gasteiger partial charge in [-0.1, -0.05) is 32.4 Å². The van der Waals surface area contributed by atoms with Gasteiger partial charge < -0.3 is 10.1 Å². The smallest absolute Gasteiger partial charge is 0.309 e. The second-order valence-electron chi connectivity index (χ2n) is 10.8. The maximum absolute atomic E-state index is 12.8. The maximum atomic E-state index is 12.8. The molecule has 31 heavy (non-hydrogen) atoms. The Bertz CT molecular complexity index is 829. The van der Waals surface area contributed by atoms with Crippen molar-refractivity contribution in [2.45, 2.75) is 66.2 Å². The molecule has 0 bridgehead atoms. The Kier molecular flexibility index (Phi) is 5.91. The fraction of sp³-hybridized carbons (Fsp3) is 0.731. The van der Waals surface area contributed by atoms with Gasteiger partial charge in [0, 0.05) is 12.3 Å². The predicted molar refractivity (Wildman–Crippen MR) is 119 cm³/mol. The van der Waals surface area contributed by atoms with Crippen LogP contribution in [0.3, 0.4) is 0 Å². The summed E-state index contributed by atoms with van der Waals surface area (Å²) < 4.78 is 5.49. The van der Waals surface area contributed by atoms with Crippen molar-refractivity contribution in [3.63, 3.8) is 0 Å². The van der Waals surface area contributed by atoms with Crippen LogP contribution in [0.2, 0.25) is 0 Å². The number of ketones is 1. The summed E-state index contributed by atoms with van der Waals surface area (Å²) in [6, 6.07) is 0. The molecule has 0 radical (unpaired) electrons. The molecule has 0 spiro atoms. The standard InChI is InChI=1S/C26H37NO4/c1-16(24(30)31-14-13-27-17(2)28)21-7-8-22-20-6-5-18-15-19(29)9-11-25(18,3)23(20)10-12-26(21,22)4/h9,11,15-16,20-23H,5-8,10,12-14H2,1-4H3,(H,27,28)/t16-,20-,21+,22-,23-,25-,26+/m0/s1. The summed E-state index contributed by atoms with van der Waals surface area (Å²) in [6.45, 7) is 8.85. The number of amides is 1. The van der Waals surface area contributed by atoms with Crippen LogP contribution in [0.25, 0.3) is 0 Å². The average molecular weight is 428 g/mol. The summed E-state index contributed by atoms with van der Waals surface area (Å²) in [7, 11) is 0. The largest absolute Gasteiger partial charge is 0.464 e. The first-order valence-corrected chi connectivity index (χ1v) is 12.0. The molecule has 0 saturated heterocycles. The molecule has 0 aromatic rings. The van der Waals surface area contributed by atoms with Crippen LogP contribution in [0.4, 0.5) is 0 Å². The van der Waals surface area contributed by atoms with Crippen LogP contribution in [0.15, 0.2) is 23.8 Å². The summed E-state index contributed by atoms with van der Waals surface area (Å²) in [5.41, 5.74) is 1.52. The van der Waals surface area contributed by atoms with Gasteiger partial charge in [-0.15, -0.1) is 0 Å². The molecule has 170 valence electrons. The highest BCUT2D eigenvalue weighted by atomic mass is 16.5. The van der Waals surface area contributed by atoms with Gasteiger partial charge in [-0.2, -0.15) is 0 Å². The van der Waals surface area contributed by atoms with Gasteiger partial charge in [0.05, 0.1) is 12.5 Å². The molecule has 1 amide bonds. The van der Waals surface area contributed by atoms with Crippen LogP contribution in [0.1, 0.15) is 66.2 Å². The van der Waals surface area contributed by atoms with Crippen LogP contribution in [-0.4, -0.2) is 30.8 Å². The quantitative estimate of drug-likeness (QED) is 0.527. The van der Waals surface area contributed by atoms with E-state index in [-0.39, 0.29) is 41.0 Å². The molecule has 0 aromatic heterocycles. The summed E-state index contributed by atoms with van der Waals surface area (Å²) >= 11 is 0. The van der Waals surface area contributed by atoms with E-state index in [0.717, 1.165) is 32.1 Å².